The van der Waals surface area contributed by atoms with Gasteiger partial charge in [-0.25, -0.2) is 0 Å². The van der Waals surface area contributed by atoms with Crippen LogP contribution < -0.4 is 4.74 Å². The van der Waals surface area contributed by atoms with Crippen molar-refractivity contribution in [2.75, 3.05) is 7.11 Å². The first-order valence-corrected chi connectivity index (χ1v) is 7.97. The Morgan fingerprint density at radius 3 is 2.52 bits per heavy atom. The molecule has 2 aliphatic rings. The third-order valence-corrected chi connectivity index (χ3v) is 5.43. The van der Waals surface area contributed by atoms with Gasteiger partial charge in [-0.3, -0.25) is 0 Å². The zero-order valence-corrected chi connectivity index (χ0v) is 13.8. The van der Waals surface area contributed by atoms with Crippen molar-refractivity contribution in [1.82, 2.24) is 0 Å². The fourth-order valence-corrected chi connectivity index (χ4v) is 4.24. The summed E-state index contributed by atoms with van der Waals surface area (Å²) in [4.78, 5) is 0. The first kappa shape index (κ1) is 14.6. The third kappa shape index (κ3) is 2.03. The topological polar surface area (TPSA) is 29.5 Å². The molecule has 1 aromatic rings. The SMILES string of the molecule is COc1cc2c(cc1C(C)C)C=C1C(C)(O)CCC[C@]12C. The lowest BCUT2D eigenvalue weighted by atomic mass is 9.64. The van der Waals surface area contributed by atoms with Crippen LogP contribution in [0.2, 0.25) is 0 Å². The van der Waals surface area contributed by atoms with E-state index in [9.17, 15) is 5.11 Å². The number of aliphatic hydroxyl groups is 1. The van der Waals surface area contributed by atoms with E-state index < -0.39 is 5.60 Å². The van der Waals surface area contributed by atoms with Gasteiger partial charge in [0.15, 0.2) is 0 Å². The van der Waals surface area contributed by atoms with Gasteiger partial charge in [0.25, 0.3) is 0 Å². The van der Waals surface area contributed by atoms with Gasteiger partial charge in [0.1, 0.15) is 5.75 Å². The number of rotatable bonds is 2. The highest BCUT2D eigenvalue weighted by atomic mass is 16.5. The van der Waals surface area contributed by atoms with E-state index in [1.807, 2.05) is 6.92 Å². The van der Waals surface area contributed by atoms with Gasteiger partial charge >= 0.3 is 0 Å². The second-order valence-corrected chi connectivity index (χ2v) is 7.35. The van der Waals surface area contributed by atoms with Crippen molar-refractivity contribution >= 4 is 6.08 Å². The molecule has 1 aromatic carbocycles. The Bertz CT molecular complexity index is 610. The monoisotopic (exact) mass is 286 g/mol. The summed E-state index contributed by atoms with van der Waals surface area (Å²) in [6.45, 7) is 8.62. The molecule has 2 nitrogen and oxygen atoms in total. The van der Waals surface area contributed by atoms with E-state index in [0.29, 0.717) is 5.92 Å². The largest absolute Gasteiger partial charge is 0.496 e. The smallest absolute Gasteiger partial charge is 0.122 e. The van der Waals surface area contributed by atoms with Crippen LogP contribution in [0.15, 0.2) is 17.7 Å². The third-order valence-electron chi connectivity index (χ3n) is 5.43. The van der Waals surface area contributed by atoms with Gasteiger partial charge in [-0.2, -0.15) is 0 Å². The summed E-state index contributed by atoms with van der Waals surface area (Å²) in [5.74, 6) is 1.41. The molecular formula is C19H26O2. The minimum atomic E-state index is -0.683. The molecule has 0 radical (unpaired) electrons. The lowest BCUT2D eigenvalue weighted by Gasteiger charge is -2.42. The summed E-state index contributed by atoms with van der Waals surface area (Å²) in [7, 11) is 1.75. The fraction of sp³-hybridized carbons (Fsp3) is 0.579. The van der Waals surface area contributed by atoms with Crippen LogP contribution >= 0.6 is 0 Å². The highest BCUT2D eigenvalue weighted by Gasteiger charge is 2.48. The van der Waals surface area contributed by atoms with Crippen molar-refractivity contribution in [1.29, 1.82) is 0 Å². The zero-order valence-electron chi connectivity index (χ0n) is 13.8. The van der Waals surface area contributed by atoms with E-state index in [2.05, 4.69) is 39.0 Å². The van der Waals surface area contributed by atoms with Gasteiger partial charge in [0.2, 0.25) is 0 Å². The Hall–Kier alpha value is -1.28. The average molecular weight is 286 g/mol. The molecule has 0 saturated heterocycles. The predicted molar refractivity (Wildman–Crippen MR) is 86.9 cm³/mol. The van der Waals surface area contributed by atoms with E-state index in [1.54, 1.807) is 7.11 Å². The molecule has 1 fully saturated rings. The first-order valence-electron chi connectivity index (χ1n) is 7.97. The Balaban J connectivity index is 2.20. The molecule has 114 valence electrons. The molecule has 1 saturated carbocycles. The van der Waals surface area contributed by atoms with Gasteiger partial charge < -0.3 is 9.84 Å². The molecular weight excluding hydrogens is 260 g/mol. The van der Waals surface area contributed by atoms with E-state index >= 15 is 0 Å². The molecule has 0 bridgehead atoms. The Morgan fingerprint density at radius 1 is 1.19 bits per heavy atom. The minimum Gasteiger partial charge on any atom is -0.496 e. The van der Waals surface area contributed by atoms with Crippen LogP contribution in [0, 0.1) is 0 Å². The molecule has 2 heteroatoms. The highest BCUT2D eigenvalue weighted by Crippen LogP contribution is 2.54. The summed E-state index contributed by atoms with van der Waals surface area (Å²) >= 11 is 0. The molecule has 21 heavy (non-hydrogen) atoms. The van der Waals surface area contributed by atoms with Gasteiger partial charge in [0.05, 0.1) is 12.7 Å². The molecule has 0 spiro atoms. The lowest BCUT2D eigenvalue weighted by molar-refractivity contribution is 0.0547. The fourth-order valence-electron chi connectivity index (χ4n) is 4.24. The van der Waals surface area contributed by atoms with Crippen LogP contribution in [-0.4, -0.2) is 17.8 Å². The summed E-state index contributed by atoms with van der Waals surface area (Å²) in [6.07, 6.45) is 5.25. The average Bonchev–Trinajstić information content (AvgIpc) is 2.71. The summed E-state index contributed by atoms with van der Waals surface area (Å²) in [6, 6.07) is 4.46. The Kier molecular flexibility index (Phi) is 3.21. The molecule has 1 N–H and O–H groups in total. The number of benzene rings is 1. The molecule has 2 atom stereocenters. The van der Waals surface area contributed by atoms with Gasteiger partial charge in [-0.1, -0.05) is 26.8 Å². The Labute approximate surface area is 127 Å². The maximum absolute atomic E-state index is 10.8. The van der Waals surface area contributed by atoms with Crippen molar-refractivity contribution < 1.29 is 9.84 Å². The van der Waals surface area contributed by atoms with Crippen molar-refractivity contribution in [3.63, 3.8) is 0 Å². The molecule has 1 unspecified atom stereocenters. The highest BCUT2D eigenvalue weighted by molar-refractivity contribution is 5.73. The maximum atomic E-state index is 10.8. The van der Waals surface area contributed by atoms with Gasteiger partial charge in [-0.05, 0) is 66.5 Å². The van der Waals surface area contributed by atoms with Gasteiger partial charge in [-0.15, -0.1) is 0 Å². The summed E-state index contributed by atoms with van der Waals surface area (Å²) in [5.41, 5.74) is 4.28. The molecule has 0 aromatic heterocycles. The van der Waals surface area contributed by atoms with Crippen LogP contribution in [0.5, 0.6) is 5.75 Å². The second-order valence-electron chi connectivity index (χ2n) is 7.35. The molecule has 2 aliphatic carbocycles. The van der Waals surface area contributed by atoms with Crippen molar-refractivity contribution in [2.24, 2.45) is 0 Å². The summed E-state index contributed by atoms with van der Waals surface area (Å²) in [5, 5.41) is 10.8. The minimum absolute atomic E-state index is 0.0418. The number of methoxy groups -OCH3 is 1. The summed E-state index contributed by atoms with van der Waals surface area (Å²) < 4.78 is 5.62. The van der Waals surface area contributed by atoms with Crippen LogP contribution in [0.1, 0.15) is 69.6 Å². The quantitative estimate of drug-likeness (QED) is 0.872. The van der Waals surface area contributed by atoms with E-state index in [4.69, 9.17) is 4.74 Å². The first-order chi connectivity index (χ1) is 9.79. The number of fused-ring (bicyclic) bond motifs is 3. The van der Waals surface area contributed by atoms with Gasteiger partial charge in [0, 0.05) is 5.41 Å². The number of hydrogen-bond donors (Lipinski definition) is 1. The second kappa shape index (κ2) is 4.61. The van der Waals surface area contributed by atoms with Crippen molar-refractivity contribution in [3.8, 4) is 5.75 Å². The van der Waals surface area contributed by atoms with Crippen LogP contribution in [-0.2, 0) is 5.41 Å². The maximum Gasteiger partial charge on any atom is 0.122 e. The van der Waals surface area contributed by atoms with Crippen LogP contribution in [0.25, 0.3) is 6.08 Å². The normalized spacial score (nSPS) is 30.9. The van der Waals surface area contributed by atoms with E-state index in [0.717, 1.165) is 25.0 Å². The molecule has 3 rings (SSSR count). The van der Waals surface area contributed by atoms with Crippen molar-refractivity contribution in [2.45, 2.75) is 63.9 Å². The predicted octanol–water partition coefficient (Wildman–Crippen LogP) is 4.41. The van der Waals surface area contributed by atoms with E-state index in [1.165, 1.54) is 22.3 Å². The lowest BCUT2D eigenvalue weighted by Crippen LogP contribution is -2.41. The standard InChI is InChI=1S/C19H26O2/c1-12(2)14-9-13-10-17-18(3,7-6-8-19(17,4)20)15(13)11-16(14)21-5/h9-12,20H,6-8H2,1-5H3/t18-,19?/m0/s1. The molecule has 0 amide bonds. The molecule has 0 heterocycles. The number of hydrogen-bond acceptors (Lipinski definition) is 2. The number of ether oxygens (including phenoxy) is 1. The Morgan fingerprint density at radius 2 is 1.90 bits per heavy atom. The van der Waals surface area contributed by atoms with Crippen molar-refractivity contribution in [3.05, 3.63) is 34.4 Å². The zero-order chi connectivity index (χ0) is 15.4. The van der Waals surface area contributed by atoms with Crippen LogP contribution in [0.3, 0.4) is 0 Å². The molecule has 0 aliphatic heterocycles. The van der Waals surface area contributed by atoms with E-state index in [-0.39, 0.29) is 5.41 Å². The van der Waals surface area contributed by atoms with Crippen LogP contribution in [0.4, 0.5) is 0 Å².